The number of allylic oxidation sites excluding steroid dienone is 1. The monoisotopic (exact) mass is 311 g/mol. The van der Waals surface area contributed by atoms with E-state index in [1.165, 1.54) is 25.7 Å². The summed E-state index contributed by atoms with van der Waals surface area (Å²) in [6, 6.07) is 2.28. The van der Waals surface area contributed by atoms with Crippen molar-refractivity contribution in [3.63, 3.8) is 0 Å². The van der Waals surface area contributed by atoms with Gasteiger partial charge in [0.25, 0.3) is 0 Å². The van der Waals surface area contributed by atoms with E-state index in [9.17, 15) is 0 Å². The molecule has 0 fully saturated rings. The van der Waals surface area contributed by atoms with E-state index in [0.717, 1.165) is 29.6 Å². The Morgan fingerprint density at radius 3 is 2.94 bits per heavy atom. The Bertz CT molecular complexity index is 397. The van der Waals surface area contributed by atoms with E-state index < -0.39 is 0 Å². The molecule has 0 aliphatic heterocycles. The standard InChI is InChI=1S/C15H22BrNO/c1-2-9-17-14(15-13(16)8-10-18-15)11-12-6-4-3-5-7-12/h6,8,10,14,17H,2-5,7,9,11H2,1H3. The van der Waals surface area contributed by atoms with Crippen LogP contribution in [0.4, 0.5) is 0 Å². The van der Waals surface area contributed by atoms with E-state index in [4.69, 9.17) is 4.42 Å². The van der Waals surface area contributed by atoms with Crippen molar-refractivity contribution in [2.45, 2.75) is 51.5 Å². The number of nitrogens with one attached hydrogen (secondary N) is 1. The Hall–Kier alpha value is -0.540. The van der Waals surface area contributed by atoms with Crippen molar-refractivity contribution in [2.75, 3.05) is 6.54 Å². The van der Waals surface area contributed by atoms with Crippen LogP contribution >= 0.6 is 15.9 Å². The van der Waals surface area contributed by atoms with E-state index in [1.54, 1.807) is 11.8 Å². The normalized spacial score (nSPS) is 17.6. The SMILES string of the molecule is CCCNC(CC1=CCCCC1)c1occc1Br. The van der Waals surface area contributed by atoms with Crippen molar-refractivity contribution in [2.24, 2.45) is 0 Å². The van der Waals surface area contributed by atoms with Crippen LogP contribution in [0.15, 0.2) is 32.9 Å². The third-order valence-corrected chi connectivity index (χ3v) is 4.11. The van der Waals surface area contributed by atoms with Crippen molar-refractivity contribution >= 4 is 15.9 Å². The molecule has 0 saturated heterocycles. The van der Waals surface area contributed by atoms with Crippen LogP contribution in [0.2, 0.25) is 0 Å². The van der Waals surface area contributed by atoms with Gasteiger partial charge in [0.05, 0.1) is 16.8 Å². The topological polar surface area (TPSA) is 25.2 Å². The summed E-state index contributed by atoms with van der Waals surface area (Å²) in [5.41, 5.74) is 1.58. The smallest absolute Gasteiger partial charge is 0.135 e. The maximum absolute atomic E-state index is 5.63. The Balaban J connectivity index is 2.05. The first-order chi connectivity index (χ1) is 8.81. The van der Waals surface area contributed by atoms with E-state index in [2.05, 4.69) is 34.2 Å². The van der Waals surface area contributed by atoms with Gasteiger partial charge in [0, 0.05) is 0 Å². The highest BCUT2D eigenvalue weighted by Crippen LogP contribution is 2.31. The second-order valence-electron chi connectivity index (χ2n) is 4.95. The van der Waals surface area contributed by atoms with E-state index in [-0.39, 0.29) is 0 Å². The number of rotatable bonds is 6. The minimum atomic E-state index is 0.304. The molecular formula is C15H22BrNO. The quantitative estimate of drug-likeness (QED) is 0.750. The van der Waals surface area contributed by atoms with Crippen LogP contribution in [0.1, 0.15) is 57.3 Å². The molecule has 0 radical (unpaired) electrons. The summed E-state index contributed by atoms with van der Waals surface area (Å²) >= 11 is 3.57. The van der Waals surface area contributed by atoms with Gasteiger partial charge in [-0.15, -0.1) is 0 Å². The minimum Gasteiger partial charge on any atom is -0.466 e. The van der Waals surface area contributed by atoms with Crippen molar-refractivity contribution in [1.29, 1.82) is 0 Å². The lowest BCUT2D eigenvalue weighted by Gasteiger charge is -2.20. The lowest BCUT2D eigenvalue weighted by Crippen LogP contribution is -2.22. The molecule has 3 heteroatoms. The molecule has 0 spiro atoms. The molecule has 100 valence electrons. The fourth-order valence-electron chi connectivity index (χ4n) is 2.48. The molecule has 0 bridgehead atoms. The molecule has 0 amide bonds. The Morgan fingerprint density at radius 1 is 1.44 bits per heavy atom. The van der Waals surface area contributed by atoms with Crippen LogP contribution < -0.4 is 5.32 Å². The zero-order chi connectivity index (χ0) is 12.8. The van der Waals surface area contributed by atoms with Crippen molar-refractivity contribution in [3.05, 3.63) is 34.2 Å². The van der Waals surface area contributed by atoms with Crippen LogP contribution in [0.25, 0.3) is 0 Å². The van der Waals surface area contributed by atoms with Gasteiger partial charge in [0.1, 0.15) is 5.76 Å². The molecule has 1 aromatic rings. The molecule has 1 aliphatic carbocycles. The second kappa shape index (κ2) is 7.15. The maximum Gasteiger partial charge on any atom is 0.135 e. The zero-order valence-corrected chi connectivity index (χ0v) is 12.6. The van der Waals surface area contributed by atoms with Gasteiger partial charge in [-0.3, -0.25) is 0 Å². The van der Waals surface area contributed by atoms with Crippen LogP contribution in [0.5, 0.6) is 0 Å². The fraction of sp³-hybridized carbons (Fsp3) is 0.600. The van der Waals surface area contributed by atoms with E-state index >= 15 is 0 Å². The maximum atomic E-state index is 5.63. The molecule has 1 aromatic heterocycles. The van der Waals surface area contributed by atoms with Crippen LogP contribution in [0, 0.1) is 0 Å². The summed E-state index contributed by atoms with van der Waals surface area (Å²) in [6.07, 6.45) is 11.6. The summed E-state index contributed by atoms with van der Waals surface area (Å²) in [5, 5.41) is 3.60. The van der Waals surface area contributed by atoms with Gasteiger partial charge in [0.15, 0.2) is 0 Å². The largest absolute Gasteiger partial charge is 0.466 e. The molecular weight excluding hydrogens is 290 g/mol. The van der Waals surface area contributed by atoms with Crippen LogP contribution in [0.3, 0.4) is 0 Å². The van der Waals surface area contributed by atoms with E-state index in [0.29, 0.717) is 6.04 Å². The number of halogens is 1. The molecule has 1 atom stereocenters. The summed E-state index contributed by atoms with van der Waals surface area (Å²) < 4.78 is 6.70. The number of hydrogen-bond donors (Lipinski definition) is 1. The molecule has 18 heavy (non-hydrogen) atoms. The number of furan rings is 1. The van der Waals surface area contributed by atoms with E-state index in [1.807, 2.05) is 6.07 Å². The molecule has 1 heterocycles. The molecule has 2 nitrogen and oxygen atoms in total. The Morgan fingerprint density at radius 2 is 2.33 bits per heavy atom. The Labute approximate surface area is 118 Å². The first-order valence-electron chi connectivity index (χ1n) is 6.95. The Kier molecular flexibility index (Phi) is 5.51. The van der Waals surface area contributed by atoms with Gasteiger partial charge in [-0.1, -0.05) is 18.6 Å². The second-order valence-corrected chi connectivity index (χ2v) is 5.81. The predicted octanol–water partition coefficient (Wildman–Crippen LogP) is 4.97. The molecule has 1 N–H and O–H groups in total. The highest BCUT2D eigenvalue weighted by molar-refractivity contribution is 9.10. The third kappa shape index (κ3) is 3.72. The average molecular weight is 312 g/mol. The third-order valence-electron chi connectivity index (χ3n) is 3.45. The highest BCUT2D eigenvalue weighted by atomic mass is 79.9. The van der Waals surface area contributed by atoms with Crippen LogP contribution in [-0.2, 0) is 0 Å². The molecule has 0 saturated carbocycles. The first kappa shape index (κ1) is 13.9. The zero-order valence-electron chi connectivity index (χ0n) is 11.0. The summed E-state index contributed by atoms with van der Waals surface area (Å²) in [7, 11) is 0. The number of hydrogen-bond acceptors (Lipinski definition) is 2. The van der Waals surface area contributed by atoms with Crippen molar-refractivity contribution in [1.82, 2.24) is 5.32 Å². The van der Waals surface area contributed by atoms with Crippen LogP contribution in [-0.4, -0.2) is 6.54 Å². The van der Waals surface area contributed by atoms with Gasteiger partial charge in [-0.25, -0.2) is 0 Å². The summed E-state index contributed by atoms with van der Waals surface area (Å²) in [5.74, 6) is 1.04. The fourth-order valence-corrected chi connectivity index (χ4v) is 2.96. The van der Waals surface area contributed by atoms with Gasteiger partial charge in [0.2, 0.25) is 0 Å². The van der Waals surface area contributed by atoms with Gasteiger partial charge in [-0.2, -0.15) is 0 Å². The van der Waals surface area contributed by atoms with Crippen molar-refractivity contribution in [3.8, 4) is 0 Å². The molecule has 2 rings (SSSR count). The lowest BCUT2D eigenvalue weighted by molar-refractivity contribution is 0.403. The van der Waals surface area contributed by atoms with Gasteiger partial charge in [-0.05, 0) is 67.1 Å². The van der Waals surface area contributed by atoms with Gasteiger partial charge >= 0.3 is 0 Å². The summed E-state index contributed by atoms with van der Waals surface area (Å²) in [4.78, 5) is 0. The minimum absolute atomic E-state index is 0.304. The highest BCUT2D eigenvalue weighted by Gasteiger charge is 2.19. The predicted molar refractivity (Wildman–Crippen MR) is 78.6 cm³/mol. The summed E-state index contributed by atoms with van der Waals surface area (Å²) in [6.45, 7) is 3.23. The first-order valence-corrected chi connectivity index (χ1v) is 7.74. The molecule has 1 unspecified atom stereocenters. The average Bonchev–Trinajstić information content (AvgIpc) is 2.82. The molecule has 0 aromatic carbocycles. The lowest BCUT2D eigenvalue weighted by atomic mass is 9.93. The molecule has 1 aliphatic rings. The van der Waals surface area contributed by atoms with Crippen molar-refractivity contribution < 1.29 is 4.42 Å². The van der Waals surface area contributed by atoms with Gasteiger partial charge < -0.3 is 9.73 Å².